The first-order chi connectivity index (χ1) is 17.7. The molecule has 0 aromatic heterocycles. The summed E-state index contributed by atoms with van der Waals surface area (Å²) in [6.45, 7) is 0.294. The SMILES string of the molecule is N#Cc1ccc(NC(=O)c2cccc(S(=O)(=O)N3CCC(C#N)(c4ccccc4)CC3)c2)c(C(=O)O)c1. The molecular formula is C27H22N4O5S. The number of carboxylic acids is 1. The molecule has 9 nitrogen and oxygen atoms in total. The molecule has 0 saturated carbocycles. The van der Waals surface area contributed by atoms with Gasteiger partial charge in [-0.05, 0) is 54.8 Å². The first kappa shape index (κ1) is 25.6. The zero-order chi connectivity index (χ0) is 26.6. The van der Waals surface area contributed by atoms with Crippen molar-refractivity contribution in [2.24, 2.45) is 0 Å². The van der Waals surface area contributed by atoms with E-state index in [0.29, 0.717) is 12.8 Å². The number of sulfonamides is 1. The maximum absolute atomic E-state index is 13.4. The van der Waals surface area contributed by atoms with Crippen LogP contribution in [0.15, 0.2) is 77.7 Å². The first-order valence-electron chi connectivity index (χ1n) is 11.4. The van der Waals surface area contributed by atoms with Crippen molar-refractivity contribution < 1.29 is 23.1 Å². The molecule has 0 radical (unpaired) electrons. The Morgan fingerprint density at radius 1 is 0.946 bits per heavy atom. The number of benzene rings is 3. The summed E-state index contributed by atoms with van der Waals surface area (Å²) in [5.41, 5.74) is -0.0415. The fourth-order valence-electron chi connectivity index (χ4n) is 4.37. The van der Waals surface area contributed by atoms with E-state index in [0.717, 1.165) is 11.6 Å². The van der Waals surface area contributed by atoms with Crippen LogP contribution < -0.4 is 5.32 Å². The number of rotatable bonds is 6. The molecule has 1 heterocycles. The van der Waals surface area contributed by atoms with Gasteiger partial charge in [0.2, 0.25) is 10.0 Å². The van der Waals surface area contributed by atoms with E-state index in [4.69, 9.17) is 5.26 Å². The highest BCUT2D eigenvalue weighted by atomic mass is 32.2. The van der Waals surface area contributed by atoms with Crippen molar-refractivity contribution in [2.75, 3.05) is 18.4 Å². The number of piperidine rings is 1. The molecule has 4 rings (SSSR count). The van der Waals surface area contributed by atoms with Crippen LogP contribution in [0.2, 0.25) is 0 Å². The van der Waals surface area contributed by atoms with Gasteiger partial charge >= 0.3 is 5.97 Å². The van der Waals surface area contributed by atoms with Gasteiger partial charge in [0.25, 0.3) is 5.91 Å². The van der Waals surface area contributed by atoms with Gasteiger partial charge in [0.05, 0.1) is 39.3 Å². The maximum atomic E-state index is 13.4. The fourth-order valence-corrected chi connectivity index (χ4v) is 5.86. The number of amides is 1. The van der Waals surface area contributed by atoms with Gasteiger partial charge in [-0.2, -0.15) is 14.8 Å². The Labute approximate surface area is 214 Å². The molecule has 2 N–H and O–H groups in total. The quantitative estimate of drug-likeness (QED) is 0.508. The van der Waals surface area contributed by atoms with Gasteiger partial charge in [-0.3, -0.25) is 4.79 Å². The van der Waals surface area contributed by atoms with Crippen LogP contribution in [0.5, 0.6) is 0 Å². The highest BCUT2D eigenvalue weighted by Gasteiger charge is 2.40. The Bertz CT molecular complexity index is 1550. The van der Waals surface area contributed by atoms with Gasteiger partial charge in [-0.15, -0.1) is 0 Å². The molecule has 0 aliphatic carbocycles. The van der Waals surface area contributed by atoms with E-state index in [1.807, 2.05) is 36.4 Å². The average Bonchev–Trinajstić information content (AvgIpc) is 2.93. The number of carbonyl (C=O) groups is 2. The second-order valence-electron chi connectivity index (χ2n) is 8.62. The van der Waals surface area contributed by atoms with Crippen LogP contribution in [0.1, 0.15) is 44.7 Å². The van der Waals surface area contributed by atoms with Crippen molar-refractivity contribution in [3.05, 3.63) is 95.1 Å². The smallest absolute Gasteiger partial charge is 0.337 e. The minimum absolute atomic E-state index is 0.0189. The second kappa shape index (κ2) is 10.2. The summed E-state index contributed by atoms with van der Waals surface area (Å²) in [5, 5.41) is 30.8. The number of aromatic carboxylic acids is 1. The minimum atomic E-state index is -3.95. The van der Waals surface area contributed by atoms with Gasteiger partial charge in [-0.1, -0.05) is 36.4 Å². The standard InChI is InChI=1S/C27H22N4O5S/c28-17-19-9-10-24(23(15-19)26(33)34)30-25(32)20-5-4-8-22(16-20)37(35,36)31-13-11-27(18-29,12-14-31)21-6-2-1-3-7-21/h1-10,15-16H,11-14H2,(H,30,32)(H,33,34). The van der Waals surface area contributed by atoms with Gasteiger partial charge < -0.3 is 10.4 Å². The molecule has 1 aliphatic rings. The summed E-state index contributed by atoms with van der Waals surface area (Å²) in [7, 11) is -3.95. The molecule has 0 spiro atoms. The van der Waals surface area contributed by atoms with Crippen molar-refractivity contribution in [3.63, 3.8) is 0 Å². The summed E-state index contributed by atoms with van der Waals surface area (Å²) in [4.78, 5) is 24.3. The molecule has 3 aromatic carbocycles. The Kier molecular flexibility index (Phi) is 7.07. The van der Waals surface area contributed by atoms with Crippen molar-refractivity contribution in [3.8, 4) is 12.1 Å². The predicted molar refractivity (Wildman–Crippen MR) is 134 cm³/mol. The number of nitriles is 2. The molecule has 37 heavy (non-hydrogen) atoms. The van der Waals surface area contributed by atoms with Gasteiger partial charge in [-0.25, -0.2) is 13.2 Å². The number of nitrogens with zero attached hydrogens (tertiary/aromatic N) is 3. The van der Waals surface area contributed by atoms with Gasteiger partial charge in [0.1, 0.15) is 0 Å². The molecule has 0 unspecified atom stereocenters. The normalized spacial score (nSPS) is 15.2. The second-order valence-corrected chi connectivity index (χ2v) is 10.6. The minimum Gasteiger partial charge on any atom is -0.478 e. The first-order valence-corrected chi connectivity index (χ1v) is 12.8. The molecule has 10 heteroatoms. The lowest BCUT2D eigenvalue weighted by molar-refractivity contribution is 0.0698. The monoisotopic (exact) mass is 514 g/mol. The van der Waals surface area contributed by atoms with E-state index in [2.05, 4.69) is 11.4 Å². The van der Waals surface area contributed by atoms with Crippen molar-refractivity contribution >= 4 is 27.6 Å². The zero-order valence-electron chi connectivity index (χ0n) is 19.6. The third kappa shape index (κ3) is 5.07. The number of carboxylic acid groups (broad SMARTS) is 1. The highest BCUT2D eigenvalue weighted by molar-refractivity contribution is 7.89. The molecule has 1 saturated heterocycles. The summed E-state index contributed by atoms with van der Waals surface area (Å²) >= 11 is 0. The van der Waals surface area contributed by atoms with Crippen molar-refractivity contribution in [1.29, 1.82) is 10.5 Å². The number of anilines is 1. The molecular weight excluding hydrogens is 492 g/mol. The van der Waals surface area contributed by atoms with Crippen LogP contribution in [0.3, 0.4) is 0 Å². The summed E-state index contributed by atoms with van der Waals surface area (Å²) < 4.78 is 28.1. The lowest BCUT2D eigenvalue weighted by Crippen LogP contribution is -2.44. The van der Waals surface area contributed by atoms with Crippen LogP contribution in [-0.4, -0.2) is 42.8 Å². The maximum Gasteiger partial charge on any atom is 0.337 e. The van der Waals surface area contributed by atoms with E-state index in [1.54, 1.807) is 0 Å². The number of nitrogens with one attached hydrogen (secondary N) is 1. The zero-order valence-corrected chi connectivity index (χ0v) is 20.4. The van der Waals surface area contributed by atoms with Gasteiger partial charge in [0, 0.05) is 18.7 Å². The molecule has 1 fully saturated rings. The average molecular weight is 515 g/mol. The van der Waals surface area contributed by atoms with Gasteiger partial charge in [0.15, 0.2) is 0 Å². The molecule has 0 bridgehead atoms. The van der Waals surface area contributed by atoms with Crippen molar-refractivity contribution in [1.82, 2.24) is 4.31 Å². The van der Waals surface area contributed by atoms with Crippen molar-refractivity contribution in [2.45, 2.75) is 23.2 Å². The molecule has 186 valence electrons. The predicted octanol–water partition coefficient (Wildman–Crippen LogP) is 3.75. The Morgan fingerprint density at radius 3 is 2.27 bits per heavy atom. The third-order valence-electron chi connectivity index (χ3n) is 6.48. The highest BCUT2D eigenvalue weighted by Crippen LogP contribution is 2.36. The Balaban J connectivity index is 1.54. The van der Waals surface area contributed by atoms with Crippen LogP contribution in [0.25, 0.3) is 0 Å². The van der Waals surface area contributed by atoms with Crippen LogP contribution in [-0.2, 0) is 15.4 Å². The molecule has 1 aliphatic heterocycles. The van der Waals surface area contributed by atoms with E-state index in [-0.39, 0.29) is 40.4 Å². The largest absolute Gasteiger partial charge is 0.478 e. The number of carbonyl (C=O) groups excluding carboxylic acids is 1. The third-order valence-corrected chi connectivity index (χ3v) is 8.37. The van der Waals surface area contributed by atoms with Crippen LogP contribution in [0, 0.1) is 22.7 Å². The van der Waals surface area contributed by atoms with E-state index in [1.165, 1.54) is 40.7 Å². The van der Waals surface area contributed by atoms with Crippen LogP contribution >= 0.6 is 0 Å². The topological polar surface area (TPSA) is 151 Å². The Hall–Kier alpha value is -4.51. The Morgan fingerprint density at radius 2 is 1.65 bits per heavy atom. The lowest BCUT2D eigenvalue weighted by Gasteiger charge is -2.37. The van der Waals surface area contributed by atoms with E-state index in [9.17, 15) is 28.4 Å². The lowest BCUT2D eigenvalue weighted by atomic mass is 9.74. The van der Waals surface area contributed by atoms with E-state index >= 15 is 0 Å². The fraction of sp³-hybridized carbons (Fsp3) is 0.185. The summed E-state index contributed by atoms with van der Waals surface area (Å²) in [6, 6.07) is 22.8. The molecule has 0 atom stereocenters. The summed E-state index contributed by atoms with van der Waals surface area (Å²) in [6.07, 6.45) is 0.674. The number of hydrogen-bond acceptors (Lipinski definition) is 6. The summed E-state index contributed by atoms with van der Waals surface area (Å²) in [5.74, 6) is -2.02. The number of hydrogen-bond donors (Lipinski definition) is 2. The van der Waals surface area contributed by atoms with Crippen LogP contribution in [0.4, 0.5) is 5.69 Å². The van der Waals surface area contributed by atoms with E-state index < -0.39 is 27.3 Å². The molecule has 3 aromatic rings. The molecule has 1 amide bonds.